The maximum atomic E-state index is 11.6. The van der Waals surface area contributed by atoms with Gasteiger partial charge in [0.2, 0.25) is 0 Å². The fourth-order valence-corrected chi connectivity index (χ4v) is 2.92. The van der Waals surface area contributed by atoms with Crippen molar-refractivity contribution in [3.63, 3.8) is 0 Å². The van der Waals surface area contributed by atoms with Gasteiger partial charge in [0.05, 0.1) is 23.7 Å². The van der Waals surface area contributed by atoms with Crippen molar-refractivity contribution >= 4 is 15.9 Å². The second-order valence-electron chi connectivity index (χ2n) is 4.22. The Kier molecular flexibility index (Phi) is 5.95. The van der Waals surface area contributed by atoms with E-state index in [0.717, 1.165) is 11.6 Å². The molecule has 0 aromatic heterocycles. The van der Waals surface area contributed by atoms with E-state index < -0.39 is 33.6 Å². The van der Waals surface area contributed by atoms with Crippen LogP contribution in [0.3, 0.4) is 0 Å². The molecule has 2 atom stereocenters. The summed E-state index contributed by atoms with van der Waals surface area (Å²) in [6.45, 7) is 3.31. The van der Waals surface area contributed by atoms with Gasteiger partial charge >= 0.3 is 0 Å². The Morgan fingerprint density at radius 2 is 1.68 bits per heavy atom. The number of benzene rings is 1. The molecule has 0 amide bonds. The molecule has 0 aliphatic carbocycles. The van der Waals surface area contributed by atoms with Gasteiger partial charge in [0.1, 0.15) is 0 Å². The van der Waals surface area contributed by atoms with Crippen molar-refractivity contribution in [1.82, 2.24) is 0 Å². The van der Waals surface area contributed by atoms with Gasteiger partial charge < -0.3 is 10.2 Å². The smallest absolute Gasteiger partial charge is 0.156 e. The van der Waals surface area contributed by atoms with Gasteiger partial charge in [-0.15, -0.1) is 6.58 Å². The number of hydrogen-bond acceptors (Lipinski definition) is 4. The van der Waals surface area contributed by atoms with Crippen LogP contribution >= 0.6 is 0 Å². The largest absolute Gasteiger partial charge is 0.388 e. The third-order valence-electron chi connectivity index (χ3n) is 2.43. The summed E-state index contributed by atoms with van der Waals surface area (Å²) >= 11 is 0. The van der Waals surface area contributed by atoms with Gasteiger partial charge in [0.15, 0.2) is 9.84 Å². The minimum absolute atomic E-state index is 0.415. The minimum Gasteiger partial charge on any atom is -0.388 e. The van der Waals surface area contributed by atoms with E-state index in [-0.39, 0.29) is 0 Å². The topological polar surface area (TPSA) is 74.6 Å². The SMILES string of the molecule is C=CC(O)CS(=O)(=O)CC(O)/C=C/c1ccccc1. The minimum atomic E-state index is -3.52. The first-order chi connectivity index (χ1) is 8.93. The maximum absolute atomic E-state index is 11.6. The second kappa shape index (κ2) is 7.23. The highest BCUT2D eigenvalue weighted by molar-refractivity contribution is 7.91. The molecular formula is C14H18O4S. The van der Waals surface area contributed by atoms with Crippen LogP contribution in [-0.2, 0) is 9.84 Å². The second-order valence-corrected chi connectivity index (χ2v) is 6.37. The molecule has 1 aromatic carbocycles. The fraction of sp³-hybridized carbons (Fsp3) is 0.286. The monoisotopic (exact) mass is 282 g/mol. The molecule has 1 aromatic rings. The lowest BCUT2D eigenvalue weighted by atomic mass is 10.2. The van der Waals surface area contributed by atoms with E-state index in [1.807, 2.05) is 30.3 Å². The Balaban J connectivity index is 2.58. The molecule has 0 aliphatic rings. The predicted octanol–water partition coefficient (Wildman–Crippen LogP) is 1.02. The van der Waals surface area contributed by atoms with Crippen molar-refractivity contribution in [2.24, 2.45) is 0 Å². The Bertz CT molecular complexity index is 520. The quantitative estimate of drug-likeness (QED) is 0.732. The lowest BCUT2D eigenvalue weighted by Crippen LogP contribution is -2.26. The maximum Gasteiger partial charge on any atom is 0.156 e. The number of sulfone groups is 1. The summed E-state index contributed by atoms with van der Waals surface area (Å²) in [5.74, 6) is -0.839. The van der Waals surface area contributed by atoms with E-state index in [0.29, 0.717) is 0 Å². The van der Waals surface area contributed by atoms with E-state index in [4.69, 9.17) is 0 Å². The Labute approximate surface area is 113 Å². The molecule has 4 nitrogen and oxygen atoms in total. The summed E-state index contributed by atoms with van der Waals surface area (Å²) in [5, 5.41) is 18.9. The van der Waals surface area contributed by atoms with Gasteiger partial charge in [-0.05, 0) is 5.56 Å². The van der Waals surface area contributed by atoms with Gasteiger partial charge in [0, 0.05) is 0 Å². The van der Waals surface area contributed by atoms with Gasteiger partial charge in [-0.2, -0.15) is 0 Å². The molecule has 104 valence electrons. The van der Waals surface area contributed by atoms with Crippen molar-refractivity contribution < 1.29 is 18.6 Å². The van der Waals surface area contributed by atoms with Crippen molar-refractivity contribution in [3.05, 3.63) is 54.6 Å². The van der Waals surface area contributed by atoms with E-state index in [1.54, 1.807) is 6.08 Å². The molecule has 2 N–H and O–H groups in total. The van der Waals surface area contributed by atoms with Crippen LogP contribution in [0, 0.1) is 0 Å². The van der Waals surface area contributed by atoms with Gasteiger partial charge in [0.25, 0.3) is 0 Å². The summed E-state index contributed by atoms with van der Waals surface area (Å²) in [5.41, 5.74) is 0.880. The summed E-state index contributed by atoms with van der Waals surface area (Å²) in [7, 11) is -3.52. The average Bonchev–Trinajstić information content (AvgIpc) is 2.36. The molecule has 0 saturated heterocycles. The standard InChI is InChI=1S/C14H18O4S/c1-2-13(15)10-19(17,18)11-14(16)9-8-12-6-4-3-5-7-12/h2-9,13-16H,1,10-11H2/b9-8+. The number of aliphatic hydroxyl groups excluding tert-OH is 2. The van der Waals surface area contributed by atoms with Crippen molar-refractivity contribution in [3.8, 4) is 0 Å². The molecule has 0 spiro atoms. The fourth-order valence-electron chi connectivity index (χ4n) is 1.50. The summed E-state index contributed by atoms with van der Waals surface area (Å²) < 4.78 is 23.2. The number of hydrogen-bond donors (Lipinski definition) is 2. The first kappa shape index (κ1) is 15.6. The summed E-state index contributed by atoms with van der Waals surface area (Å²) in [6.07, 6.45) is 2.04. The van der Waals surface area contributed by atoms with Crippen LogP contribution in [0.1, 0.15) is 5.56 Å². The van der Waals surface area contributed by atoms with Crippen LogP contribution in [0.25, 0.3) is 6.08 Å². The van der Waals surface area contributed by atoms with Crippen molar-refractivity contribution in [2.75, 3.05) is 11.5 Å². The van der Waals surface area contributed by atoms with E-state index in [1.165, 1.54) is 6.08 Å². The summed E-state index contributed by atoms with van der Waals surface area (Å²) in [4.78, 5) is 0. The zero-order valence-electron chi connectivity index (χ0n) is 10.5. The molecule has 0 bridgehead atoms. The molecule has 5 heteroatoms. The first-order valence-corrected chi connectivity index (χ1v) is 7.67. The van der Waals surface area contributed by atoms with Gasteiger partial charge in [-0.3, -0.25) is 0 Å². The highest BCUT2D eigenvalue weighted by atomic mass is 32.2. The van der Waals surface area contributed by atoms with Crippen LogP contribution in [0.2, 0.25) is 0 Å². The molecule has 1 rings (SSSR count). The molecule has 0 saturated carbocycles. The zero-order chi connectivity index (χ0) is 14.3. The predicted molar refractivity (Wildman–Crippen MR) is 76.3 cm³/mol. The van der Waals surface area contributed by atoms with Crippen LogP contribution in [0.15, 0.2) is 49.1 Å². The summed E-state index contributed by atoms with van der Waals surface area (Å²) in [6, 6.07) is 9.26. The van der Waals surface area contributed by atoms with Gasteiger partial charge in [-0.25, -0.2) is 8.42 Å². The van der Waals surface area contributed by atoms with Crippen molar-refractivity contribution in [1.29, 1.82) is 0 Å². The Morgan fingerprint density at radius 3 is 2.26 bits per heavy atom. The lowest BCUT2D eigenvalue weighted by molar-refractivity contribution is 0.239. The third kappa shape index (κ3) is 6.33. The first-order valence-electron chi connectivity index (χ1n) is 5.85. The Morgan fingerprint density at radius 1 is 1.11 bits per heavy atom. The highest BCUT2D eigenvalue weighted by Crippen LogP contribution is 2.05. The van der Waals surface area contributed by atoms with E-state index >= 15 is 0 Å². The molecule has 0 heterocycles. The van der Waals surface area contributed by atoms with Crippen LogP contribution in [-0.4, -0.2) is 42.3 Å². The molecule has 19 heavy (non-hydrogen) atoms. The highest BCUT2D eigenvalue weighted by Gasteiger charge is 2.18. The number of rotatable bonds is 7. The molecule has 2 unspecified atom stereocenters. The lowest BCUT2D eigenvalue weighted by Gasteiger charge is -2.09. The van der Waals surface area contributed by atoms with Crippen molar-refractivity contribution in [2.45, 2.75) is 12.2 Å². The molecule has 0 radical (unpaired) electrons. The van der Waals surface area contributed by atoms with Crippen LogP contribution in [0.4, 0.5) is 0 Å². The zero-order valence-corrected chi connectivity index (χ0v) is 11.3. The Hall–Kier alpha value is -1.43. The normalized spacial score (nSPS) is 15.3. The third-order valence-corrected chi connectivity index (χ3v) is 4.13. The van der Waals surface area contributed by atoms with Gasteiger partial charge in [-0.1, -0.05) is 48.6 Å². The average molecular weight is 282 g/mol. The van der Waals surface area contributed by atoms with E-state index in [9.17, 15) is 18.6 Å². The van der Waals surface area contributed by atoms with Crippen LogP contribution < -0.4 is 0 Å². The van der Waals surface area contributed by atoms with E-state index in [2.05, 4.69) is 6.58 Å². The molecule has 0 aliphatic heterocycles. The van der Waals surface area contributed by atoms with Crippen LogP contribution in [0.5, 0.6) is 0 Å². The molecular weight excluding hydrogens is 264 g/mol. The molecule has 0 fully saturated rings. The number of aliphatic hydroxyl groups is 2.